The first-order chi connectivity index (χ1) is 10.5. The number of carboxylic acid groups (broad SMARTS) is 1. The van der Waals surface area contributed by atoms with Crippen LogP contribution < -0.4 is 28.3 Å². The molecule has 0 bridgehead atoms. The van der Waals surface area contributed by atoms with E-state index in [0.29, 0.717) is 18.9 Å². The molecular weight excluding hydrogens is 286 g/mol. The number of nitrogens with one attached hydrogen (secondary N) is 1. The number of aromatic nitrogens is 2. The second kappa shape index (κ2) is 12.3. The van der Waals surface area contributed by atoms with E-state index in [-0.39, 0.29) is 0 Å². The van der Waals surface area contributed by atoms with E-state index in [2.05, 4.69) is 21.0 Å². The van der Waals surface area contributed by atoms with Gasteiger partial charge in [-0.05, 0) is 12.1 Å². The van der Waals surface area contributed by atoms with E-state index in [1.807, 2.05) is 24.3 Å². The average Bonchev–Trinajstić information content (AvgIpc) is 2.48. The van der Waals surface area contributed by atoms with E-state index in [9.17, 15) is 0 Å². The molecular formula is C13H23N7O2. The summed E-state index contributed by atoms with van der Waals surface area (Å²) in [5.41, 5.74) is 21.5. The number of nitrogens with zero attached hydrogens (tertiary/aromatic N) is 2. The average molecular weight is 309 g/mol. The number of benzene rings is 1. The van der Waals surface area contributed by atoms with E-state index in [1.54, 1.807) is 6.20 Å². The lowest BCUT2D eigenvalue weighted by molar-refractivity contribution is 0.205. The largest absolute Gasteiger partial charge is 0.465 e. The van der Waals surface area contributed by atoms with Crippen molar-refractivity contribution in [2.45, 2.75) is 0 Å². The number of hydrogen-bond acceptors (Lipinski definition) is 7. The fraction of sp³-hybridized carbons (Fsp3) is 0.308. The third kappa shape index (κ3) is 10.3. The first kappa shape index (κ1) is 19.5. The van der Waals surface area contributed by atoms with Gasteiger partial charge in [0.1, 0.15) is 5.82 Å². The van der Waals surface area contributed by atoms with Gasteiger partial charge in [-0.25, -0.2) is 9.78 Å². The van der Waals surface area contributed by atoms with Crippen LogP contribution in [0.5, 0.6) is 0 Å². The van der Waals surface area contributed by atoms with Gasteiger partial charge in [0, 0.05) is 26.2 Å². The van der Waals surface area contributed by atoms with Crippen molar-refractivity contribution in [2.24, 2.45) is 17.2 Å². The van der Waals surface area contributed by atoms with Gasteiger partial charge in [0.05, 0.1) is 17.2 Å². The highest BCUT2D eigenvalue weighted by molar-refractivity contribution is 5.74. The molecule has 0 aliphatic rings. The molecule has 0 spiro atoms. The van der Waals surface area contributed by atoms with Crippen molar-refractivity contribution >= 4 is 22.9 Å². The van der Waals surface area contributed by atoms with E-state index in [1.165, 1.54) is 0 Å². The van der Waals surface area contributed by atoms with Crippen molar-refractivity contribution in [1.82, 2.24) is 15.3 Å². The minimum absolute atomic E-state index is 0.462. The number of nitrogen functional groups attached to an aromatic ring is 1. The molecule has 0 fully saturated rings. The predicted octanol–water partition coefficient (Wildman–Crippen LogP) is -0.671. The standard InChI is InChI=1S/C8H7N3.C4H13N3.CH3NO2/c9-8-5-10-6-3-1-2-4-7(6)11-8;5-1-3-7-4-2-6;2-1(3)4/h1-5H,(H2,9,11);7H,1-6H2;2H2,(H,3,4). The Kier molecular flexibility index (Phi) is 10.9. The van der Waals surface area contributed by atoms with Crippen molar-refractivity contribution in [2.75, 3.05) is 31.9 Å². The zero-order valence-electron chi connectivity index (χ0n) is 12.3. The third-order valence-electron chi connectivity index (χ3n) is 2.11. The van der Waals surface area contributed by atoms with Gasteiger partial charge in [-0.1, -0.05) is 12.1 Å². The molecule has 1 aromatic heterocycles. The molecule has 1 amide bonds. The molecule has 0 radical (unpaired) electrons. The smallest absolute Gasteiger partial charge is 0.402 e. The van der Waals surface area contributed by atoms with Gasteiger partial charge < -0.3 is 33.4 Å². The van der Waals surface area contributed by atoms with Crippen LogP contribution in [0.3, 0.4) is 0 Å². The second-order valence-corrected chi connectivity index (χ2v) is 3.95. The van der Waals surface area contributed by atoms with Gasteiger partial charge in [-0.3, -0.25) is 4.98 Å². The normalized spacial score (nSPS) is 9.18. The SMILES string of the molecule is NC(=O)O.NCCNCCN.Nc1cnc2ccccc2n1. The Hall–Kier alpha value is -2.49. The second-order valence-electron chi connectivity index (χ2n) is 3.95. The lowest BCUT2D eigenvalue weighted by atomic mass is 10.3. The van der Waals surface area contributed by atoms with Crippen LogP contribution in [0.25, 0.3) is 11.0 Å². The maximum Gasteiger partial charge on any atom is 0.402 e. The van der Waals surface area contributed by atoms with Gasteiger partial charge in [-0.15, -0.1) is 0 Å². The van der Waals surface area contributed by atoms with Crippen LogP contribution in [-0.2, 0) is 0 Å². The molecule has 10 N–H and O–H groups in total. The van der Waals surface area contributed by atoms with Crippen LogP contribution in [0.1, 0.15) is 0 Å². The number of primary amides is 1. The van der Waals surface area contributed by atoms with Crippen LogP contribution in [0.4, 0.5) is 10.6 Å². The van der Waals surface area contributed by atoms with Crippen molar-refractivity contribution in [3.63, 3.8) is 0 Å². The fourth-order valence-electron chi connectivity index (χ4n) is 1.30. The molecule has 2 aromatic rings. The van der Waals surface area contributed by atoms with E-state index >= 15 is 0 Å². The monoisotopic (exact) mass is 309 g/mol. The molecule has 9 nitrogen and oxygen atoms in total. The zero-order chi connectivity index (χ0) is 16.8. The number of para-hydroxylation sites is 2. The highest BCUT2D eigenvalue weighted by Crippen LogP contribution is 2.08. The van der Waals surface area contributed by atoms with Gasteiger partial charge >= 0.3 is 6.09 Å². The molecule has 0 aliphatic heterocycles. The predicted molar refractivity (Wildman–Crippen MR) is 87.1 cm³/mol. The van der Waals surface area contributed by atoms with Crippen molar-refractivity contribution < 1.29 is 9.90 Å². The summed E-state index contributed by atoms with van der Waals surface area (Å²) >= 11 is 0. The summed E-state index contributed by atoms with van der Waals surface area (Å²) in [5, 5.41) is 10.2. The molecule has 2 rings (SSSR count). The fourth-order valence-corrected chi connectivity index (χ4v) is 1.30. The Bertz CT molecular complexity index is 543. The van der Waals surface area contributed by atoms with Crippen LogP contribution >= 0.6 is 0 Å². The summed E-state index contributed by atoms with van der Waals surface area (Å²) in [6.45, 7) is 3.13. The molecule has 9 heteroatoms. The molecule has 0 unspecified atom stereocenters. The van der Waals surface area contributed by atoms with E-state index in [0.717, 1.165) is 24.1 Å². The summed E-state index contributed by atoms with van der Waals surface area (Å²) in [6, 6.07) is 7.63. The molecule has 0 aliphatic carbocycles. The van der Waals surface area contributed by atoms with Crippen molar-refractivity contribution in [3.05, 3.63) is 30.5 Å². The minimum Gasteiger partial charge on any atom is -0.465 e. The number of fused-ring (bicyclic) bond motifs is 1. The van der Waals surface area contributed by atoms with Gasteiger partial charge in [-0.2, -0.15) is 0 Å². The lowest BCUT2D eigenvalue weighted by Crippen LogP contribution is -2.27. The van der Waals surface area contributed by atoms with Crippen molar-refractivity contribution in [3.8, 4) is 0 Å². The molecule has 1 heterocycles. The number of anilines is 1. The summed E-state index contributed by atoms with van der Waals surface area (Å²) < 4.78 is 0. The Morgan fingerprint density at radius 1 is 1.14 bits per heavy atom. The Morgan fingerprint density at radius 2 is 1.64 bits per heavy atom. The number of carbonyl (C=O) groups is 1. The summed E-state index contributed by atoms with van der Waals surface area (Å²) in [5.74, 6) is 0.462. The summed E-state index contributed by atoms with van der Waals surface area (Å²) in [6.07, 6.45) is 0.225. The number of rotatable bonds is 4. The molecule has 0 saturated heterocycles. The van der Waals surface area contributed by atoms with Gasteiger partial charge in [0.2, 0.25) is 0 Å². The van der Waals surface area contributed by atoms with Crippen LogP contribution in [0.15, 0.2) is 30.5 Å². The quantitative estimate of drug-likeness (QED) is 0.402. The maximum atomic E-state index is 8.78. The van der Waals surface area contributed by atoms with Crippen LogP contribution in [-0.4, -0.2) is 47.3 Å². The first-order valence-electron chi connectivity index (χ1n) is 6.57. The number of hydrogen-bond donors (Lipinski definition) is 6. The first-order valence-corrected chi connectivity index (χ1v) is 6.57. The summed E-state index contributed by atoms with van der Waals surface area (Å²) in [7, 11) is 0. The van der Waals surface area contributed by atoms with Crippen molar-refractivity contribution in [1.29, 1.82) is 0 Å². The van der Waals surface area contributed by atoms with E-state index < -0.39 is 6.09 Å². The lowest BCUT2D eigenvalue weighted by Gasteiger charge is -1.95. The number of amides is 1. The molecule has 122 valence electrons. The topological polar surface area (TPSA) is 179 Å². The highest BCUT2D eigenvalue weighted by Gasteiger charge is 1.93. The molecule has 1 aromatic carbocycles. The number of nitrogens with two attached hydrogens (primary N) is 4. The minimum atomic E-state index is -1.33. The summed E-state index contributed by atoms with van der Waals surface area (Å²) in [4.78, 5) is 17.0. The Balaban J connectivity index is 0.000000348. The highest BCUT2D eigenvalue weighted by atomic mass is 16.4. The third-order valence-corrected chi connectivity index (χ3v) is 2.11. The Morgan fingerprint density at radius 3 is 2.14 bits per heavy atom. The van der Waals surface area contributed by atoms with Gasteiger partial charge in [0.25, 0.3) is 0 Å². The van der Waals surface area contributed by atoms with E-state index in [4.69, 9.17) is 27.1 Å². The molecule has 0 saturated carbocycles. The van der Waals surface area contributed by atoms with Crippen LogP contribution in [0.2, 0.25) is 0 Å². The molecule has 22 heavy (non-hydrogen) atoms. The molecule has 0 atom stereocenters. The zero-order valence-corrected chi connectivity index (χ0v) is 12.3. The van der Waals surface area contributed by atoms with Gasteiger partial charge in [0.15, 0.2) is 0 Å². The maximum absolute atomic E-state index is 8.78. The Labute approximate surface area is 128 Å². The van der Waals surface area contributed by atoms with Crippen LogP contribution in [0, 0.1) is 0 Å².